The third-order valence-corrected chi connectivity index (χ3v) is 8.27. The van der Waals surface area contributed by atoms with E-state index in [2.05, 4.69) is 5.32 Å². The van der Waals surface area contributed by atoms with Gasteiger partial charge in [-0.15, -0.1) is 0 Å². The van der Waals surface area contributed by atoms with Crippen LogP contribution in [0.3, 0.4) is 0 Å². The molecule has 10 heteroatoms. The number of primary amides is 1. The highest BCUT2D eigenvalue weighted by atomic mass is 35.5. The lowest BCUT2D eigenvalue weighted by Gasteiger charge is -2.24. The van der Waals surface area contributed by atoms with Crippen LogP contribution in [-0.4, -0.2) is 44.6 Å². The van der Waals surface area contributed by atoms with Crippen molar-refractivity contribution < 1.29 is 24.9 Å². The summed E-state index contributed by atoms with van der Waals surface area (Å²) in [5.74, 6) is -0.605. The second-order valence-electron chi connectivity index (χ2n) is 11.1. The summed E-state index contributed by atoms with van der Waals surface area (Å²) < 4.78 is 0. The molecule has 0 spiro atoms. The minimum absolute atomic E-state index is 0.00973. The number of rotatable bonds is 14. The van der Waals surface area contributed by atoms with Crippen LogP contribution in [0.25, 0.3) is 0 Å². The molecular weight excluding hydrogens is 613 g/mol. The predicted octanol–water partition coefficient (Wildman–Crippen LogP) is 5.32. The highest BCUT2D eigenvalue weighted by Crippen LogP contribution is 2.25. The molecule has 236 valence electrons. The van der Waals surface area contributed by atoms with E-state index in [0.717, 1.165) is 22.3 Å². The van der Waals surface area contributed by atoms with Crippen molar-refractivity contribution in [3.8, 4) is 5.75 Å². The number of phenols is 1. The monoisotopic (exact) mass is 649 g/mol. The number of aliphatic hydroxyl groups excluding tert-OH is 2. The van der Waals surface area contributed by atoms with Gasteiger partial charge >= 0.3 is 0 Å². The molecule has 4 aromatic carbocycles. The van der Waals surface area contributed by atoms with Crippen molar-refractivity contribution in [2.75, 3.05) is 6.54 Å². The highest BCUT2D eigenvalue weighted by molar-refractivity contribution is 6.42. The van der Waals surface area contributed by atoms with E-state index >= 15 is 0 Å². The Balaban J connectivity index is 1.41. The van der Waals surface area contributed by atoms with E-state index in [-0.39, 0.29) is 30.7 Å². The molecule has 8 nitrogen and oxygen atoms in total. The van der Waals surface area contributed by atoms with Crippen LogP contribution in [0.2, 0.25) is 10.0 Å². The fourth-order valence-electron chi connectivity index (χ4n) is 5.03. The molecule has 0 aliphatic rings. The molecule has 4 aromatic rings. The molecule has 0 unspecified atom stereocenters. The molecule has 0 saturated carbocycles. The molecule has 0 aromatic heterocycles. The van der Waals surface area contributed by atoms with Crippen LogP contribution in [-0.2, 0) is 37.3 Å². The van der Waals surface area contributed by atoms with Crippen LogP contribution < -0.4 is 11.1 Å². The van der Waals surface area contributed by atoms with E-state index in [9.17, 15) is 24.9 Å². The van der Waals surface area contributed by atoms with E-state index < -0.39 is 12.0 Å². The summed E-state index contributed by atoms with van der Waals surface area (Å²) in [5, 5.41) is 34.0. The van der Waals surface area contributed by atoms with Crippen molar-refractivity contribution in [3.05, 3.63) is 134 Å². The molecule has 4 rings (SSSR count). The van der Waals surface area contributed by atoms with Gasteiger partial charge in [-0.05, 0) is 77.6 Å². The molecule has 45 heavy (non-hydrogen) atoms. The lowest BCUT2D eigenvalue weighted by molar-refractivity contribution is -0.131. The summed E-state index contributed by atoms with van der Waals surface area (Å²) in [5.41, 5.74) is 10.3. The average molecular weight is 651 g/mol. The molecule has 0 aliphatic heterocycles. The van der Waals surface area contributed by atoms with Gasteiger partial charge in [0.15, 0.2) is 0 Å². The molecule has 2 atom stereocenters. The van der Waals surface area contributed by atoms with Crippen LogP contribution in [0.5, 0.6) is 5.75 Å². The fourth-order valence-corrected chi connectivity index (χ4v) is 5.35. The summed E-state index contributed by atoms with van der Waals surface area (Å²) in [4.78, 5) is 26.9. The average Bonchev–Trinajstić information content (AvgIpc) is 3.02. The second-order valence-corrected chi connectivity index (χ2v) is 11.9. The van der Waals surface area contributed by atoms with Crippen LogP contribution in [0, 0.1) is 0 Å². The molecule has 0 bridgehead atoms. The number of aliphatic hydroxyl groups is 2. The summed E-state index contributed by atoms with van der Waals surface area (Å²) in [7, 11) is 0. The third kappa shape index (κ3) is 9.78. The largest absolute Gasteiger partial charge is 0.508 e. The van der Waals surface area contributed by atoms with Crippen LogP contribution in [0.15, 0.2) is 84.9 Å². The Hall–Kier alpha value is -3.92. The first kappa shape index (κ1) is 34.0. The topological polar surface area (TPSA) is 136 Å². The van der Waals surface area contributed by atoms with Gasteiger partial charge in [-0.1, -0.05) is 71.7 Å². The first-order chi connectivity index (χ1) is 21.5. The molecule has 0 radical (unpaired) electrons. The van der Waals surface area contributed by atoms with Gasteiger partial charge in [0, 0.05) is 36.8 Å². The van der Waals surface area contributed by atoms with Gasteiger partial charge in [0.2, 0.25) is 11.8 Å². The Bertz CT molecular complexity index is 1630. The number of halogens is 2. The summed E-state index contributed by atoms with van der Waals surface area (Å²) in [6.45, 7) is 2.63. The number of hydrogen-bond donors (Lipinski definition) is 5. The summed E-state index contributed by atoms with van der Waals surface area (Å²) >= 11 is 12.3. The van der Waals surface area contributed by atoms with E-state index in [1.165, 1.54) is 6.07 Å². The van der Waals surface area contributed by atoms with Gasteiger partial charge in [0.1, 0.15) is 5.75 Å². The van der Waals surface area contributed by atoms with Crippen molar-refractivity contribution in [2.24, 2.45) is 5.73 Å². The predicted molar refractivity (Wildman–Crippen MR) is 176 cm³/mol. The maximum atomic E-state index is 13.7. The molecule has 2 amide bonds. The minimum atomic E-state index is -0.809. The normalized spacial score (nSPS) is 12.5. The number of carbonyl (C=O) groups is 2. The van der Waals surface area contributed by atoms with Crippen molar-refractivity contribution in [1.29, 1.82) is 0 Å². The summed E-state index contributed by atoms with van der Waals surface area (Å²) in [6, 6.07) is 24.7. The number of carbonyl (C=O) groups excluding carboxylic acids is 2. The van der Waals surface area contributed by atoms with Crippen LogP contribution in [0.4, 0.5) is 0 Å². The first-order valence-electron chi connectivity index (χ1n) is 14.5. The van der Waals surface area contributed by atoms with Gasteiger partial charge in [-0.3, -0.25) is 9.59 Å². The van der Waals surface area contributed by atoms with Crippen molar-refractivity contribution >= 4 is 35.0 Å². The number of nitrogens with zero attached hydrogens (tertiary/aromatic N) is 1. The maximum absolute atomic E-state index is 13.7. The Morgan fingerprint density at radius 1 is 0.867 bits per heavy atom. The molecule has 0 saturated heterocycles. The summed E-state index contributed by atoms with van der Waals surface area (Å²) in [6.07, 6.45) is 0.0462. The molecule has 0 heterocycles. The number of aromatic hydroxyl groups is 1. The SMILES string of the molecule is C[C@H](Cc1cccc(CC(=O)N(Cc2ccc(C(N)=O)cc2)Cc2ccc(Cl)c(Cl)c2)c1)NC[C@H](O)c1ccc(O)c(CO)c1. The van der Waals surface area contributed by atoms with E-state index in [0.29, 0.717) is 52.8 Å². The van der Waals surface area contributed by atoms with Gasteiger partial charge in [0.25, 0.3) is 0 Å². The van der Waals surface area contributed by atoms with Gasteiger partial charge < -0.3 is 31.3 Å². The van der Waals surface area contributed by atoms with E-state index in [1.807, 2.05) is 37.3 Å². The number of amides is 2. The van der Waals surface area contributed by atoms with Crippen LogP contribution in [0.1, 0.15) is 56.8 Å². The van der Waals surface area contributed by atoms with Gasteiger partial charge in [-0.2, -0.15) is 0 Å². The number of nitrogens with one attached hydrogen (secondary N) is 1. The Morgan fingerprint density at radius 3 is 2.24 bits per heavy atom. The molecule has 0 fully saturated rings. The molecule has 0 aliphatic carbocycles. The Labute approximate surface area is 273 Å². The van der Waals surface area contributed by atoms with Crippen molar-refractivity contribution in [2.45, 2.75) is 51.6 Å². The van der Waals surface area contributed by atoms with Crippen molar-refractivity contribution in [1.82, 2.24) is 10.2 Å². The van der Waals surface area contributed by atoms with Crippen LogP contribution >= 0.6 is 23.2 Å². The number of nitrogens with two attached hydrogens (primary N) is 1. The highest BCUT2D eigenvalue weighted by Gasteiger charge is 2.18. The molecule has 6 N–H and O–H groups in total. The standard InChI is InChI=1S/C35H37Cl2N3O5/c1-22(39-18-33(43)28-10-12-32(42)29(17-28)21-41)13-24-3-2-4-25(14-24)16-34(44)40(20-26-7-11-30(36)31(37)15-26)19-23-5-8-27(9-6-23)35(38)45/h2-12,14-15,17,22,33,39,41-43H,13,16,18-21H2,1H3,(H2,38,45)/t22-,33+/m1/s1. The Morgan fingerprint density at radius 2 is 1.56 bits per heavy atom. The second kappa shape index (κ2) is 15.9. The Kier molecular flexibility index (Phi) is 12.0. The van der Waals surface area contributed by atoms with Gasteiger partial charge in [-0.25, -0.2) is 0 Å². The number of benzene rings is 4. The number of hydrogen-bond acceptors (Lipinski definition) is 6. The zero-order valence-electron chi connectivity index (χ0n) is 24.9. The third-order valence-electron chi connectivity index (χ3n) is 7.53. The fraction of sp³-hybridized carbons (Fsp3) is 0.257. The first-order valence-corrected chi connectivity index (χ1v) is 15.3. The van der Waals surface area contributed by atoms with Gasteiger partial charge in [0.05, 0.1) is 29.2 Å². The zero-order valence-corrected chi connectivity index (χ0v) is 26.4. The minimum Gasteiger partial charge on any atom is -0.508 e. The van der Waals surface area contributed by atoms with Crippen molar-refractivity contribution in [3.63, 3.8) is 0 Å². The van der Waals surface area contributed by atoms with E-state index in [4.69, 9.17) is 28.9 Å². The quantitative estimate of drug-likeness (QED) is 0.126. The smallest absolute Gasteiger partial charge is 0.248 e. The lowest BCUT2D eigenvalue weighted by atomic mass is 10.0. The zero-order chi connectivity index (χ0) is 32.5. The molecular formula is C35H37Cl2N3O5. The van der Waals surface area contributed by atoms with E-state index in [1.54, 1.807) is 53.4 Å². The maximum Gasteiger partial charge on any atom is 0.248 e. The lowest BCUT2D eigenvalue weighted by Crippen LogP contribution is -2.32.